The maximum absolute atomic E-state index is 11.9. The molecule has 0 aliphatic carbocycles. The molecule has 0 saturated heterocycles. The maximum Gasteiger partial charge on any atom is 0.179 e. The first-order valence-electron chi connectivity index (χ1n) is 5.73. The second-order valence-corrected chi connectivity index (χ2v) is 5.90. The molecule has 1 aromatic rings. The molecule has 0 heterocycles. The minimum atomic E-state index is -3.21. The molecule has 0 radical (unpaired) electrons. The van der Waals surface area contributed by atoms with Gasteiger partial charge in [0, 0.05) is 13.1 Å². The van der Waals surface area contributed by atoms with E-state index < -0.39 is 9.84 Å². The third-order valence-electron chi connectivity index (χ3n) is 2.53. The minimum absolute atomic E-state index is 0.0191. The van der Waals surface area contributed by atoms with Crippen molar-refractivity contribution in [3.63, 3.8) is 0 Å². The Hall–Kier alpha value is -0.910. The summed E-state index contributed by atoms with van der Waals surface area (Å²) in [5.74, 6) is 0.0540. The van der Waals surface area contributed by atoms with E-state index >= 15 is 0 Å². The van der Waals surface area contributed by atoms with Gasteiger partial charge in [-0.25, -0.2) is 8.42 Å². The van der Waals surface area contributed by atoms with Gasteiger partial charge in [-0.3, -0.25) is 0 Å². The van der Waals surface area contributed by atoms with E-state index in [0.29, 0.717) is 18.0 Å². The zero-order chi connectivity index (χ0) is 12.7. The molecule has 5 heteroatoms. The quantitative estimate of drug-likeness (QED) is 0.702. The average molecular weight is 257 g/mol. The van der Waals surface area contributed by atoms with Gasteiger partial charge in [0.2, 0.25) is 0 Å². The van der Waals surface area contributed by atoms with E-state index in [1.54, 1.807) is 12.1 Å². The highest BCUT2D eigenvalue weighted by Crippen LogP contribution is 2.12. The van der Waals surface area contributed by atoms with E-state index in [2.05, 4.69) is 5.32 Å². The lowest BCUT2D eigenvalue weighted by Crippen LogP contribution is -2.25. The lowest BCUT2D eigenvalue weighted by molar-refractivity contribution is 0.293. The van der Waals surface area contributed by atoms with Crippen molar-refractivity contribution in [1.29, 1.82) is 0 Å². The monoisotopic (exact) mass is 257 g/mol. The fourth-order valence-electron chi connectivity index (χ4n) is 1.46. The lowest BCUT2D eigenvalue weighted by atomic mass is 10.2. The summed E-state index contributed by atoms with van der Waals surface area (Å²) in [6.07, 6.45) is 0.901. The van der Waals surface area contributed by atoms with Crippen LogP contribution in [0.25, 0.3) is 0 Å². The van der Waals surface area contributed by atoms with Crippen LogP contribution in [0.5, 0.6) is 0 Å². The van der Waals surface area contributed by atoms with Gasteiger partial charge >= 0.3 is 0 Å². The molecule has 1 rings (SSSR count). The van der Waals surface area contributed by atoms with Crippen LogP contribution in [-0.2, 0) is 16.3 Å². The molecule has 0 atom stereocenters. The highest BCUT2D eigenvalue weighted by molar-refractivity contribution is 7.91. The number of aliphatic hydroxyl groups is 1. The Morgan fingerprint density at radius 3 is 2.35 bits per heavy atom. The van der Waals surface area contributed by atoms with Crippen molar-refractivity contribution in [2.75, 3.05) is 25.4 Å². The van der Waals surface area contributed by atoms with Crippen LogP contribution in [0, 0.1) is 0 Å². The van der Waals surface area contributed by atoms with Crippen molar-refractivity contribution in [2.45, 2.75) is 18.2 Å². The smallest absolute Gasteiger partial charge is 0.179 e. The highest BCUT2D eigenvalue weighted by Gasteiger charge is 2.13. The predicted molar refractivity (Wildman–Crippen MR) is 67.8 cm³/mol. The Morgan fingerprint density at radius 2 is 1.82 bits per heavy atom. The zero-order valence-electron chi connectivity index (χ0n) is 10.0. The van der Waals surface area contributed by atoms with Crippen LogP contribution in [-0.4, -0.2) is 39.0 Å². The van der Waals surface area contributed by atoms with Crippen molar-refractivity contribution in [1.82, 2.24) is 5.32 Å². The Kier molecular flexibility index (Phi) is 5.61. The fourth-order valence-corrected chi connectivity index (χ4v) is 2.66. The molecule has 17 heavy (non-hydrogen) atoms. The number of hydrogen-bond donors (Lipinski definition) is 2. The molecule has 1 aromatic carbocycles. The molecule has 0 aliphatic rings. The molecule has 0 spiro atoms. The summed E-state index contributed by atoms with van der Waals surface area (Å²) >= 11 is 0. The van der Waals surface area contributed by atoms with Gasteiger partial charge in [0.05, 0.1) is 17.3 Å². The molecule has 0 saturated carbocycles. The minimum Gasteiger partial charge on any atom is -0.395 e. The molecule has 96 valence electrons. The van der Waals surface area contributed by atoms with E-state index in [1.165, 1.54) is 0 Å². The molecule has 0 amide bonds. The van der Waals surface area contributed by atoms with Crippen LogP contribution in [0.1, 0.15) is 12.5 Å². The number of aliphatic hydroxyl groups excluding tert-OH is 1. The Bertz CT molecular complexity index is 426. The van der Waals surface area contributed by atoms with Crippen LogP contribution in [0.3, 0.4) is 0 Å². The third-order valence-corrected chi connectivity index (χ3v) is 4.26. The fraction of sp³-hybridized carbons (Fsp3) is 0.500. The van der Waals surface area contributed by atoms with E-state index in [9.17, 15) is 8.42 Å². The number of sulfone groups is 1. The van der Waals surface area contributed by atoms with Gasteiger partial charge in [-0.15, -0.1) is 0 Å². The van der Waals surface area contributed by atoms with Crippen LogP contribution in [0.2, 0.25) is 0 Å². The maximum atomic E-state index is 11.9. The Balaban J connectivity index is 2.62. The topological polar surface area (TPSA) is 66.4 Å². The van der Waals surface area contributed by atoms with Crippen LogP contribution >= 0.6 is 0 Å². The van der Waals surface area contributed by atoms with Crippen molar-refractivity contribution in [3.05, 3.63) is 29.8 Å². The molecular weight excluding hydrogens is 238 g/mol. The molecule has 0 unspecified atom stereocenters. The van der Waals surface area contributed by atoms with Crippen molar-refractivity contribution < 1.29 is 13.5 Å². The molecule has 4 nitrogen and oxygen atoms in total. The van der Waals surface area contributed by atoms with E-state index in [4.69, 9.17) is 5.11 Å². The van der Waals surface area contributed by atoms with Crippen LogP contribution in [0.4, 0.5) is 0 Å². The summed E-state index contributed by atoms with van der Waals surface area (Å²) in [7, 11) is -3.21. The van der Waals surface area contributed by atoms with E-state index in [1.807, 2.05) is 19.1 Å². The SMILES string of the molecule is CCc1ccc(S(=O)(=O)CCNCCO)cc1. The molecular formula is C12H19NO3S. The van der Waals surface area contributed by atoms with Gasteiger partial charge in [-0.1, -0.05) is 19.1 Å². The number of hydrogen-bond acceptors (Lipinski definition) is 4. The molecule has 0 fully saturated rings. The summed E-state index contributed by atoms with van der Waals surface area (Å²) in [6, 6.07) is 6.99. The van der Waals surface area contributed by atoms with E-state index in [0.717, 1.165) is 12.0 Å². The molecule has 2 N–H and O–H groups in total. The summed E-state index contributed by atoms with van der Waals surface area (Å²) in [5.41, 5.74) is 1.13. The number of rotatable bonds is 7. The summed E-state index contributed by atoms with van der Waals surface area (Å²) < 4.78 is 23.8. The first-order chi connectivity index (χ1) is 8.10. The predicted octanol–water partition coefficient (Wildman–Crippen LogP) is 0.605. The van der Waals surface area contributed by atoms with E-state index in [-0.39, 0.29) is 12.4 Å². The van der Waals surface area contributed by atoms with Gasteiger partial charge in [-0.05, 0) is 24.1 Å². The van der Waals surface area contributed by atoms with Crippen molar-refractivity contribution >= 4 is 9.84 Å². The standard InChI is InChI=1S/C12H19NO3S/c1-2-11-3-5-12(6-4-11)17(15,16)10-8-13-7-9-14/h3-6,13-14H,2,7-10H2,1H3. The second-order valence-electron chi connectivity index (χ2n) is 3.79. The highest BCUT2D eigenvalue weighted by atomic mass is 32.2. The Morgan fingerprint density at radius 1 is 1.18 bits per heavy atom. The van der Waals surface area contributed by atoms with Gasteiger partial charge in [0.25, 0.3) is 0 Å². The second kappa shape index (κ2) is 6.74. The van der Waals surface area contributed by atoms with Crippen molar-refractivity contribution in [3.8, 4) is 0 Å². The average Bonchev–Trinajstić information content (AvgIpc) is 2.35. The normalized spacial score (nSPS) is 11.6. The van der Waals surface area contributed by atoms with Gasteiger partial charge < -0.3 is 10.4 Å². The van der Waals surface area contributed by atoms with Gasteiger partial charge in [0.1, 0.15) is 0 Å². The first-order valence-corrected chi connectivity index (χ1v) is 7.38. The van der Waals surface area contributed by atoms with Crippen molar-refractivity contribution in [2.24, 2.45) is 0 Å². The molecule has 0 aliphatic heterocycles. The lowest BCUT2D eigenvalue weighted by Gasteiger charge is -2.06. The molecule has 0 aromatic heterocycles. The van der Waals surface area contributed by atoms with Crippen LogP contribution in [0.15, 0.2) is 29.2 Å². The summed E-state index contributed by atoms with van der Waals surface area (Å²) in [6.45, 7) is 2.83. The Labute approximate surface area is 103 Å². The largest absolute Gasteiger partial charge is 0.395 e. The zero-order valence-corrected chi connectivity index (χ0v) is 10.8. The number of nitrogens with one attached hydrogen (secondary N) is 1. The number of aryl methyl sites for hydroxylation is 1. The van der Waals surface area contributed by atoms with Crippen LogP contribution < -0.4 is 5.32 Å². The first kappa shape index (κ1) is 14.2. The third kappa shape index (κ3) is 4.46. The van der Waals surface area contributed by atoms with Gasteiger partial charge in [0.15, 0.2) is 9.84 Å². The number of benzene rings is 1. The molecule has 0 bridgehead atoms. The summed E-state index contributed by atoms with van der Waals surface area (Å²) in [4.78, 5) is 0.362. The van der Waals surface area contributed by atoms with Gasteiger partial charge in [-0.2, -0.15) is 0 Å². The summed E-state index contributed by atoms with van der Waals surface area (Å²) in [5, 5.41) is 11.4.